The standard InChI is InChI=1S/C20H20ClF2N3O3S/c1-26-15-5-4-13(21)10-14(15)25-20(26)30-11-18(27)24-8-7-12-3-6-16(29-19(22)23)17(9-12)28-2/h3-6,9-10,19H,7-8,11H2,1-2H3,(H,24,27). The van der Waals surface area contributed by atoms with Crippen molar-refractivity contribution in [2.24, 2.45) is 7.05 Å². The highest BCUT2D eigenvalue weighted by Gasteiger charge is 2.13. The van der Waals surface area contributed by atoms with E-state index in [4.69, 9.17) is 16.3 Å². The van der Waals surface area contributed by atoms with Crippen LogP contribution in [0.2, 0.25) is 5.02 Å². The third kappa shape index (κ3) is 5.54. The number of imidazole rings is 1. The van der Waals surface area contributed by atoms with E-state index in [1.54, 1.807) is 24.3 Å². The lowest BCUT2D eigenvalue weighted by Gasteiger charge is -2.11. The van der Waals surface area contributed by atoms with Gasteiger partial charge in [-0.1, -0.05) is 29.4 Å². The number of alkyl halides is 2. The number of hydrogen-bond donors (Lipinski definition) is 1. The first-order valence-corrected chi connectivity index (χ1v) is 10.4. The molecule has 3 rings (SSSR count). The zero-order valence-electron chi connectivity index (χ0n) is 16.3. The molecule has 0 saturated heterocycles. The maximum absolute atomic E-state index is 12.4. The number of carbonyl (C=O) groups excluding carboxylic acids is 1. The van der Waals surface area contributed by atoms with Gasteiger partial charge in [-0.25, -0.2) is 4.98 Å². The quantitative estimate of drug-likeness (QED) is 0.488. The Bertz CT molecular complexity index is 1050. The molecule has 0 fully saturated rings. The van der Waals surface area contributed by atoms with Crippen LogP contribution in [0.25, 0.3) is 11.0 Å². The van der Waals surface area contributed by atoms with Crippen molar-refractivity contribution in [1.82, 2.24) is 14.9 Å². The van der Waals surface area contributed by atoms with Gasteiger partial charge in [-0.2, -0.15) is 8.78 Å². The lowest BCUT2D eigenvalue weighted by atomic mass is 10.1. The molecule has 160 valence electrons. The van der Waals surface area contributed by atoms with Crippen LogP contribution in [0.3, 0.4) is 0 Å². The monoisotopic (exact) mass is 455 g/mol. The molecule has 0 aliphatic rings. The number of ether oxygens (including phenoxy) is 2. The smallest absolute Gasteiger partial charge is 0.387 e. The van der Waals surface area contributed by atoms with Crippen molar-refractivity contribution >= 4 is 40.3 Å². The van der Waals surface area contributed by atoms with Gasteiger partial charge in [0.05, 0.1) is 23.9 Å². The molecule has 0 bridgehead atoms. The Morgan fingerprint density at radius 1 is 1.27 bits per heavy atom. The van der Waals surface area contributed by atoms with E-state index in [1.165, 1.54) is 24.9 Å². The Morgan fingerprint density at radius 3 is 2.80 bits per heavy atom. The van der Waals surface area contributed by atoms with Gasteiger partial charge in [-0.05, 0) is 42.3 Å². The van der Waals surface area contributed by atoms with Crippen LogP contribution in [0.15, 0.2) is 41.6 Å². The lowest BCUT2D eigenvalue weighted by Crippen LogP contribution is -2.27. The predicted molar refractivity (Wildman–Crippen MR) is 113 cm³/mol. The molecular weight excluding hydrogens is 436 g/mol. The minimum atomic E-state index is -2.92. The first-order valence-electron chi connectivity index (χ1n) is 9.00. The number of nitrogens with one attached hydrogen (secondary N) is 1. The number of hydrogen-bond acceptors (Lipinski definition) is 5. The summed E-state index contributed by atoms with van der Waals surface area (Å²) in [4.78, 5) is 16.7. The number of halogens is 3. The minimum absolute atomic E-state index is 0.0274. The van der Waals surface area contributed by atoms with Crippen LogP contribution in [-0.2, 0) is 18.3 Å². The number of methoxy groups -OCH3 is 1. The van der Waals surface area contributed by atoms with Gasteiger partial charge in [-0.15, -0.1) is 0 Å². The molecule has 1 heterocycles. The molecule has 1 aromatic heterocycles. The first kappa shape index (κ1) is 22.2. The summed E-state index contributed by atoms with van der Waals surface area (Å²) < 4.78 is 36.2. The average Bonchev–Trinajstić information content (AvgIpc) is 3.01. The van der Waals surface area contributed by atoms with Crippen LogP contribution in [0.4, 0.5) is 8.78 Å². The van der Waals surface area contributed by atoms with E-state index in [2.05, 4.69) is 15.0 Å². The third-order valence-electron chi connectivity index (χ3n) is 4.31. The van der Waals surface area contributed by atoms with Crippen molar-refractivity contribution in [2.75, 3.05) is 19.4 Å². The van der Waals surface area contributed by atoms with Crippen LogP contribution < -0.4 is 14.8 Å². The zero-order chi connectivity index (χ0) is 21.7. The average molecular weight is 456 g/mol. The van der Waals surface area contributed by atoms with Gasteiger partial charge < -0.3 is 19.4 Å². The molecule has 0 atom stereocenters. The molecule has 0 aliphatic heterocycles. The second kappa shape index (κ2) is 9.99. The topological polar surface area (TPSA) is 65.4 Å². The molecule has 0 spiro atoms. The van der Waals surface area contributed by atoms with Gasteiger partial charge in [0.25, 0.3) is 0 Å². The van der Waals surface area contributed by atoms with Crippen molar-refractivity contribution in [3.8, 4) is 11.5 Å². The maximum atomic E-state index is 12.4. The number of thioether (sulfide) groups is 1. The molecule has 2 aromatic carbocycles. The summed E-state index contributed by atoms with van der Waals surface area (Å²) in [6.45, 7) is -2.52. The highest BCUT2D eigenvalue weighted by Crippen LogP contribution is 2.29. The van der Waals surface area contributed by atoms with Gasteiger partial charge in [0.1, 0.15) is 0 Å². The van der Waals surface area contributed by atoms with E-state index in [0.29, 0.717) is 18.0 Å². The van der Waals surface area contributed by atoms with Gasteiger partial charge in [0, 0.05) is 18.6 Å². The van der Waals surface area contributed by atoms with Crippen LogP contribution in [0.5, 0.6) is 11.5 Å². The number of fused-ring (bicyclic) bond motifs is 1. The SMILES string of the molecule is COc1cc(CCNC(=O)CSc2nc3cc(Cl)ccc3n2C)ccc1OC(F)F. The second-order valence-corrected chi connectivity index (χ2v) is 7.72. The van der Waals surface area contributed by atoms with Gasteiger partial charge >= 0.3 is 6.61 Å². The van der Waals surface area contributed by atoms with E-state index < -0.39 is 6.61 Å². The summed E-state index contributed by atoms with van der Waals surface area (Å²) in [6.07, 6.45) is 0.520. The largest absolute Gasteiger partial charge is 0.493 e. The van der Waals surface area contributed by atoms with E-state index in [0.717, 1.165) is 21.8 Å². The summed E-state index contributed by atoms with van der Waals surface area (Å²) in [7, 11) is 3.27. The number of amides is 1. The number of rotatable bonds is 9. The van der Waals surface area contributed by atoms with Crippen molar-refractivity contribution < 1.29 is 23.0 Å². The van der Waals surface area contributed by atoms with E-state index >= 15 is 0 Å². The predicted octanol–water partition coefficient (Wildman–Crippen LogP) is 4.29. The summed E-state index contributed by atoms with van der Waals surface area (Å²) in [6, 6.07) is 10.2. The van der Waals surface area contributed by atoms with E-state index in [-0.39, 0.29) is 23.2 Å². The molecule has 1 N–H and O–H groups in total. The summed E-state index contributed by atoms with van der Waals surface area (Å²) in [5.41, 5.74) is 2.55. The number of nitrogens with zero attached hydrogens (tertiary/aromatic N) is 2. The normalized spacial score (nSPS) is 11.1. The van der Waals surface area contributed by atoms with Crippen molar-refractivity contribution in [3.05, 3.63) is 47.0 Å². The summed E-state index contributed by atoms with van der Waals surface area (Å²) >= 11 is 7.33. The Kier molecular flexibility index (Phi) is 7.38. The summed E-state index contributed by atoms with van der Waals surface area (Å²) in [5, 5.41) is 4.17. The molecule has 3 aromatic rings. The molecule has 0 unspecified atom stereocenters. The van der Waals surface area contributed by atoms with Crippen LogP contribution in [0.1, 0.15) is 5.56 Å². The van der Waals surface area contributed by atoms with Crippen LogP contribution >= 0.6 is 23.4 Å². The Morgan fingerprint density at radius 2 is 2.07 bits per heavy atom. The van der Waals surface area contributed by atoms with E-state index in [9.17, 15) is 13.6 Å². The number of aromatic nitrogens is 2. The number of benzene rings is 2. The Balaban J connectivity index is 1.50. The van der Waals surface area contributed by atoms with Crippen molar-refractivity contribution in [1.29, 1.82) is 0 Å². The maximum Gasteiger partial charge on any atom is 0.387 e. The fourth-order valence-electron chi connectivity index (χ4n) is 2.87. The minimum Gasteiger partial charge on any atom is -0.493 e. The van der Waals surface area contributed by atoms with Gasteiger partial charge in [-0.3, -0.25) is 4.79 Å². The van der Waals surface area contributed by atoms with Gasteiger partial charge in [0.15, 0.2) is 16.7 Å². The molecule has 1 amide bonds. The second-order valence-electron chi connectivity index (χ2n) is 6.34. The zero-order valence-corrected chi connectivity index (χ0v) is 17.9. The third-order valence-corrected chi connectivity index (χ3v) is 5.58. The van der Waals surface area contributed by atoms with Crippen LogP contribution in [0, 0.1) is 0 Å². The molecular formula is C20H20ClF2N3O3S. The number of aryl methyl sites for hydroxylation is 1. The Hall–Kier alpha value is -2.52. The molecule has 6 nitrogen and oxygen atoms in total. The fraction of sp³-hybridized carbons (Fsp3) is 0.300. The fourth-order valence-corrected chi connectivity index (χ4v) is 3.85. The molecule has 30 heavy (non-hydrogen) atoms. The van der Waals surface area contributed by atoms with Crippen LogP contribution in [-0.4, -0.2) is 41.5 Å². The first-order chi connectivity index (χ1) is 14.4. The van der Waals surface area contributed by atoms with Crippen molar-refractivity contribution in [2.45, 2.75) is 18.2 Å². The van der Waals surface area contributed by atoms with Crippen molar-refractivity contribution in [3.63, 3.8) is 0 Å². The van der Waals surface area contributed by atoms with E-state index in [1.807, 2.05) is 17.7 Å². The molecule has 10 heteroatoms. The summed E-state index contributed by atoms with van der Waals surface area (Å²) in [5.74, 6) is 0.279. The highest BCUT2D eigenvalue weighted by molar-refractivity contribution is 7.99. The molecule has 0 saturated carbocycles. The lowest BCUT2D eigenvalue weighted by molar-refractivity contribution is -0.118. The van der Waals surface area contributed by atoms with Gasteiger partial charge in [0.2, 0.25) is 5.91 Å². The highest BCUT2D eigenvalue weighted by atomic mass is 35.5. The number of carbonyl (C=O) groups is 1. The molecule has 0 aliphatic carbocycles. The molecule has 0 radical (unpaired) electrons. The Labute approximate surface area is 181 Å².